The van der Waals surface area contributed by atoms with Gasteiger partial charge in [0.2, 0.25) is 0 Å². The number of fused-ring (bicyclic) bond motifs is 3. The zero-order valence-corrected chi connectivity index (χ0v) is 13.4. The highest BCUT2D eigenvalue weighted by Gasteiger charge is 2.11. The minimum Gasteiger partial charge on any atom is -0.341 e. The van der Waals surface area contributed by atoms with Crippen molar-refractivity contribution in [3.05, 3.63) is 72.6 Å². The van der Waals surface area contributed by atoms with E-state index in [-0.39, 0.29) is 5.91 Å². The zero-order chi connectivity index (χ0) is 16.5. The number of amides is 1. The highest BCUT2D eigenvalue weighted by Crippen LogP contribution is 2.31. The number of rotatable bonds is 3. The Labute approximate surface area is 139 Å². The van der Waals surface area contributed by atoms with Gasteiger partial charge in [-0.2, -0.15) is 0 Å². The molecule has 1 amide bonds. The van der Waals surface area contributed by atoms with E-state index in [0.29, 0.717) is 5.69 Å². The summed E-state index contributed by atoms with van der Waals surface area (Å²) >= 11 is 0. The molecule has 4 nitrogen and oxygen atoms in total. The lowest BCUT2D eigenvalue weighted by Crippen LogP contribution is -2.13. The summed E-state index contributed by atoms with van der Waals surface area (Å²) in [4.78, 5) is 16.4. The van der Waals surface area contributed by atoms with Gasteiger partial charge in [-0.05, 0) is 43.3 Å². The number of pyridine rings is 1. The number of aromatic nitrogens is 2. The van der Waals surface area contributed by atoms with Gasteiger partial charge in [-0.25, -0.2) is 0 Å². The normalized spacial score (nSPS) is 11.0. The molecule has 2 heterocycles. The first-order chi connectivity index (χ1) is 11.8. The number of carbonyl (C=O) groups excluding carboxylic acids is 1. The predicted molar refractivity (Wildman–Crippen MR) is 97.3 cm³/mol. The molecule has 0 unspecified atom stereocenters. The van der Waals surface area contributed by atoms with Crippen molar-refractivity contribution in [2.75, 3.05) is 5.32 Å². The standard InChI is InChI=1S/C20H17N3O/c1-2-23-18-9-4-3-7-15(18)16-13-14(10-11-19(16)23)22-20(24)17-8-5-6-12-21-17/h3-13H,2H2,1H3,(H,22,24). The molecule has 0 spiro atoms. The summed E-state index contributed by atoms with van der Waals surface area (Å²) in [6, 6.07) is 19.7. The summed E-state index contributed by atoms with van der Waals surface area (Å²) in [5, 5.41) is 5.27. The summed E-state index contributed by atoms with van der Waals surface area (Å²) in [6.07, 6.45) is 1.62. The number of nitrogens with zero attached hydrogens (tertiary/aromatic N) is 2. The molecule has 0 atom stereocenters. The fourth-order valence-electron chi connectivity index (χ4n) is 3.16. The Morgan fingerprint density at radius 1 is 1.00 bits per heavy atom. The fourth-order valence-corrected chi connectivity index (χ4v) is 3.16. The third-order valence-corrected chi connectivity index (χ3v) is 4.24. The van der Waals surface area contributed by atoms with Crippen molar-refractivity contribution in [1.29, 1.82) is 0 Å². The minimum atomic E-state index is -0.200. The van der Waals surface area contributed by atoms with E-state index in [2.05, 4.69) is 46.1 Å². The molecular weight excluding hydrogens is 298 g/mol. The highest BCUT2D eigenvalue weighted by molar-refractivity contribution is 6.10. The minimum absolute atomic E-state index is 0.200. The van der Waals surface area contributed by atoms with Crippen LogP contribution < -0.4 is 5.32 Å². The Bertz CT molecular complexity index is 1030. The van der Waals surface area contributed by atoms with Crippen LogP contribution in [0.4, 0.5) is 5.69 Å². The molecule has 0 bridgehead atoms. The largest absolute Gasteiger partial charge is 0.341 e. The number of anilines is 1. The van der Waals surface area contributed by atoms with Crippen molar-refractivity contribution >= 4 is 33.4 Å². The van der Waals surface area contributed by atoms with Crippen LogP contribution in [0.2, 0.25) is 0 Å². The summed E-state index contributed by atoms with van der Waals surface area (Å²) in [5.41, 5.74) is 3.57. The number of aryl methyl sites for hydroxylation is 1. The molecule has 1 N–H and O–H groups in total. The van der Waals surface area contributed by atoms with Crippen LogP contribution in [0, 0.1) is 0 Å². The van der Waals surface area contributed by atoms with Gasteiger partial charge in [-0.1, -0.05) is 24.3 Å². The van der Waals surface area contributed by atoms with Crippen LogP contribution in [0.5, 0.6) is 0 Å². The first kappa shape index (κ1) is 14.5. The summed E-state index contributed by atoms with van der Waals surface area (Å²) in [5.74, 6) is -0.200. The van der Waals surface area contributed by atoms with E-state index in [0.717, 1.165) is 17.6 Å². The van der Waals surface area contributed by atoms with Crippen LogP contribution in [0.1, 0.15) is 17.4 Å². The molecule has 24 heavy (non-hydrogen) atoms. The van der Waals surface area contributed by atoms with Gasteiger partial charge in [0.15, 0.2) is 0 Å². The number of carbonyl (C=O) groups is 1. The van der Waals surface area contributed by atoms with E-state index in [1.54, 1.807) is 24.4 Å². The number of benzene rings is 2. The molecule has 4 rings (SSSR count). The smallest absolute Gasteiger partial charge is 0.274 e. The lowest BCUT2D eigenvalue weighted by atomic mass is 10.1. The molecule has 4 heteroatoms. The van der Waals surface area contributed by atoms with Gasteiger partial charge in [-0.15, -0.1) is 0 Å². The van der Waals surface area contributed by atoms with Crippen LogP contribution in [0.15, 0.2) is 66.9 Å². The van der Waals surface area contributed by atoms with Crippen molar-refractivity contribution < 1.29 is 4.79 Å². The maximum Gasteiger partial charge on any atom is 0.274 e. The van der Waals surface area contributed by atoms with Gasteiger partial charge in [0, 0.05) is 40.2 Å². The average molecular weight is 315 g/mol. The Morgan fingerprint density at radius 3 is 2.58 bits per heavy atom. The fraction of sp³-hybridized carbons (Fsp3) is 0.100. The zero-order valence-electron chi connectivity index (χ0n) is 13.4. The molecule has 2 aromatic carbocycles. The number of nitrogens with one attached hydrogen (secondary N) is 1. The maximum atomic E-state index is 12.3. The molecule has 0 saturated carbocycles. The van der Waals surface area contributed by atoms with Crippen molar-refractivity contribution in [2.24, 2.45) is 0 Å². The van der Waals surface area contributed by atoms with Gasteiger partial charge >= 0.3 is 0 Å². The summed E-state index contributed by atoms with van der Waals surface area (Å²) < 4.78 is 2.29. The van der Waals surface area contributed by atoms with Crippen molar-refractivity contribution in [3.8, 4) is 0 Å². The molecule has 0 radical (unpaired) electrons. The Hall–Kier alpha value is -3.14. The van der Waals surface area contributed by atoms with Gasteiger partial charge in [0.05, 0.1) is 0 Å². The molecule has 2 aromatic heterocycles. The van der Waals surface area contributed by atoms with Gasteiger partial charge in [-0.3, -0.25) is 9.78 Å². The number of para-hydroxylation sites is 1. The molecule has 118 valence electrons. The van der Waals surface area contributed by atoms with Crippen LogP contribution in [0.3, 0.4) is 0 Å². The molecule has 0 aliphatic carbocycles. The van der Waals surface area contributed by atoms with Crippen molar-refractivity contribution in [1.82, 2.24) is 9.55 Å². The van der Waals surface area contributed by atoms with Crippen LogP contribution in [-0.2, 0) is 6.54 Å². The third kappa shape index (κ3) is 2.33. The van der Waals surface area contributed by atoms with Gasteiger partial charge in [0.1, 0.15) is 5.69 Å². The van der Waals surface area contributed by atoms with E-state index in [1.807, 2.05) is 18.2 Å². The molecular formula is C20H17N3O. The summed E-state index contributed by atoms with van der Waals surface area (Å²) in [7, 11) is 0. The van der Waals surface area contributed by atoms with Gasteiger partial charge in [0.25, 0.3) is 5.91 Å². The second kappa shape index (κ2) is 5.81. The third-order valence-electron chi connectivity index (χ3n) is 4.24. The van der Waals surface area contributed by atoms with Crippen LogP contribution in [-0.4, -0.2) is 15.5 Å². The number of hydrogen-bond acceptors (Lipinski definition) is 2. The molecule has 0 aliphatic rings. The second-order valence-corrected chi connectivity index (χ2v) is 5.66. The van der Waals surface area contributed by atoms with E-state index in [4.69, 9.17) is 0 Å². The average Bonchev–Trinajstić information content (AvgIpc) is 2.95. The highest BCUT2D eigenvalue weighted by atomic mass is 16.1. The first-order valence-corrected chi connectivity index (χ1v) is 8.01. The lowest BCUT2D eigenvalue weighted by molar-refractivity contribution is 0.102. The number of hydrogen-bond donors (Lipinski definition) is 1. The molecule has 0 fully saturated rings. The quantitative estimate of drug-likeness (QED) is 0.606. The van der Waals surface area contributed by atoms with Crippen LogP contribution in [0.25, 0.3) is 21.8 Å². The Morgan fingerprint density at radius 2 is 1.79 bits per heavy atom. The molecule has 0 saturated heterocycles. The Kier molecular flexibility index (Phi) is 3.50. The van der Waals surface area contributed by atoms with Gasteiger partial charge < -0.3 is 9.88 Å². The maximum absolute atomic E-state index is 12.3. The second-order valence-electron chi connectivity index (χ2n) is 5.66. The van der Waals surface area contributed by atoms with E-state index >= 15 is 0 Å². The molecule has 4 aromatic rings. The Balaban J connectivity index is 1.78. The molecule has 0 aliphatic heterocycles. The topological polar surface area (TPSA) is 46.9 Å². The van der Waals surface area contributed by atoms with E-state index < -0.39 is 0 Å². The van der Waals surface area contributed by atoms with Crippen molar-refractivity contribution in [2.45, 2.75) is 13.5 Å². The lowest BCUT2D eigenvalue weighted by Gasteiger charge is -2.06. The summed E-state index contributed by atoms with van der Waals surface area (Å²) in [6.45, 7) is 3.05. The predicted octanol–water partition coefficient (Wildman–Crippen LogP) is 4.46. The monoisotopic (exact) mass is 315 g/mol. The first-order valence-electron chi connectivity index (χ1n) is 8.01. The SMILES string of the molecule is CCn1c2ccccc2c2cc(NC(=O)c3ccccn3)ccc21. The van der Waals surface area contributed by atoms with Crippen LogP contribution >= 0.6 is 0 Å². The van der Waals surface area contributed by atoms with Crippen molar-refractivity contribution in [3.63, 3.8) is 0 Å². The van der Waals surface area contributed by atoms with E-state index in [1.165, 1.54) is 16.4 Å². The van der Waals surface area contributed by atoms with E-state index in [9.17, 15) is 4.79 Å².